The summed E-state index contributed by atoms with van der Waals surface area (Å²) in [5.41, 5.74) is 1.29. The Morgan fingerprint density at radius 2 is 1.55 bits per heavy atom. The zero-order valence-electron chi connectivity index (χ0n) is 13.5. The summed E-state index contributed by atoms with van der Waals surface area (Å²) in [6.07, 6.45) is 1.89. The lowest BCUT2D eigenvalue weighted by molar-refractivity contribution is 0.294. The highest BCUT2D eigenvalue weighted by molar-refractivity contribution is 5.93. The predicted molar refractivity (Wildman–Crippen MR) is 88.8 cm³/mol. The number of rotatable bonds is 8. The van der Waals surface area contributed by atoms with Gasteiger partial charge in [-0.25, -0.2) is 4.98 Å². The van der Waals surface area contributed by atoms with Crippen molar-refractivity contribution in [1.82, 2.24) is 19.9 Å². The van der Waals surface area contributed by atoms with Gasteiger partial charge in [0.05, 0.1) is 6.61 Å². The molecule has 0 aromatic carbocycles. The Kier molecular flexibility index (Phi) is 5.51. The van der Waals surface area contributed by atoms with Gasteiger partial charge in [0.25, 0.3) is 0 Å². The maximum Gasteiger partial charge on any atom is 0.319 e. The van der Waals surface area contributed by atoms with Crippen LogP contribution in [0.2, 0.25) is 0 Å². The Labute approximate surface area is 130 Å². The normalized spacial score (nSPS) is 10.5. The summed E-state index contributed by atoms with van der Waals surface area (Å²) < 4.78 is 5.54. The fourth-order valence-electron chi connectivity index (χ4n) is 1.92. The largest absolute Gasteiger partial charge is 0.463 e. The Morgan fingerprint density at radius 1 is 0.864 bits per heavy atom. The van der Waals surface area contributed by atoms with Gasteiger partial charge >= 0.3 is 6.01 Å². The van der Waals surface area contributed by atoms with E-state index in [4.69, 9.17) is 4.74 Å². The fraction of sp³-hybridized carbons (Fsp3) is 0.571. The molecule has 3 N–H and O–H groups in total. The van der Waals surface area contributed by atoms with Gasteiger partial charge in [-0.3, -0.25) is 0 Å². The number of fused-ring (bicyclic) bond motifs is 1. The standard InChI is InChI=1S/C14H23N7O/c1-5-7-17-13-18-9-10(11(15-3)20-13)19-14(22-8-6-2)21-12(9)16-4/h5-8H2,1-4H3,(H,16,19,21)(H2,15,17,18,20). The Hall–Kier alpha value is -2.38. The van der Waals surface area contributed by atoms with E-state index in [1.54, 1.807) is 14.1 Å². The Bertz CT molecular complexity index is 577. The summed E-state index contributed by atoms with van der Waals surface area (Å²) in [6.45, 7) is 5.50. The van der Waals surface area contributed by atoms with Crippen LogP contribution in [-0.4, -0.2) is 47.2 Å². The van der Waals surface area contributed by atoms with Crippen molar-refractivity contribution in [2.75, 3.05) is 43.2 Å². The number of ether oxygens (including phenoxy) is 1. The minimum absolute atomic E-state index is 0.327. The molecule has 0 aliphatic carbocycles. The zero-order chi connectivity index (χ0) is 15.9. The van der Waals surface area contributed by atoms with Crippen LogP contribution in [0.1, 0.15) is 26.7 Å². The van der Waals surface area contributed by atoms with E-state index in [-0.39, 0.29) is 0 Å². The molecule has 0 aliphatic rings. The first-order valence-corrected chi connectivity index (χ1v) is 7.55. The van der Waals surface area contributed by atoms with E-state index in [1.807, 2.05) is 6.92 Å². The Balaban J connectivity index is 2.53. The third-order valence-corrected chi connectivity index (χ3v) is 2.97. The van der Waals surface area contributed by atoms with Crippen molar-refractivity contribution < 1.29 is 4.74 Å². The molecule has 0 bridgehead atoms. The maximum atomic E-state index is 5.54. The van der Waals surface area contributed by atoms with Crippen LogP contribution in [-0.2, 0) is 0 Å². The molecular formula is C14H23N7O. The van der Waals surface area contributed by atoms with Crippen molar-refractivity contribution in [3.63, 3.8) is 0 Å². The molecule has 0 atom stereocenters. The van der Waals surface area contributed by atoms with Crippen LogP contribution in [0.25, 0.3) is 11.0 Å². The molecule has 2 heterocycles. The van der Waals surface area contributed by atoms with Gasteiger partial charge in [0, 0.05) is 20.6 Å². The molecule has 0 aliphatic heterocycles. The smallest absolute Gasteiger partial charge is 0.319 e. The average Bonchev–Trinajstić information content (AvgIpc) is 2.56. The predicted octanol–water partition coefficient (Wildman–Crippen LogP) is 2.11. The number of anilines is 3. The quantitative estimate of drug-likeness (QED) is 0.682. The van der Waals surface area contributed by atoms with Crippen LogP contribution in [0.5, 0.6) is 6.01 Å². The van der Waals surface area contributed by atoms with E-state index < -0.39 is 0 Å². The molecule has 8 heteroatoms. The van der Waals surface area contributed by atoms with Gasteiger partial charge < -0.3 is 20.7 Å². The third kappa shape index (κ3) is 3.44. The van der Waals surface area contributed by atoms with Crippen molar-refractivity contribution in [3.8, 4) is 6.01 Å². The lowest BCUT2D eigenvalue weighted by Crippen LogP contribution is -2.10. The van der Waals surface area contributed by atoms with E-state index in [1.165, 1.54) is 0 Å². The zero-order valence-corrected chi connectivity index (χ0v) is 13.5. The lowest BCUT2D eigenvalue weighted by Gasteiger charge is -2.12. The van der Waals surface area contributed by atoms with Gasteiger partial charge in [0.15, 0.2) is 11.6 Å². The topological polar surface area (TPSA) is 96.9 Å². The maximum absolute atomic E-state index is 5.54. The van der Waals surface area contributed by atoms with Crippen molar-refractivity contribution in [1.29, 1.82) is 0 Å². The number of nitrogens with one attached hydrogen (secondary N) is 3. The second-order valence-corrected chi connectivity index (χ2v) is 4.72. The highest BCUT2D eigenvalue weighted by Crippen LogP contribution is 2.27. The molecule has 2 aromatic heterocycles. The molecule has 0 unspecified atom stereocenters. The average molecular weight is 305 g/mol. The Morgan fingerprint density at radius 3 is 2.18 bits per heavy atom. The van der Waals surface area contributed by atoms with E-state index in [2.05, 4.69) is 42.8 Å². The minimum atomic E-state index is 0.327. The van der Waals surface area contributed by atoms with E-state index >= 15 is 0 Å². The summed E-state index contributed by atoms with van der Waals surface area (Å²) in [5, 5.41) is 9.29. The molecule has 0 saturated heterocycles. The molecular weight excluding hydrogens is 282 g/mol. The number of hydrogen-bond acceptors (Lipinski definition) is 8. The molecule has 0 spiro atoms. The molecule has 2 rings (SSSR count). The van der Waals surface area contributed by atoms with Crippen molar-refractivity contribution >= 4 is 28.6 Å². The molecule has 0 radical (unpaired) electrons. The first kappa shape index (κ1) is 16.0. The fourth-order valence-corrected chi connectivity index (χ4v) is 1.92. The first-order chi connectivity index (χ1) is 10.7. The van der Waals surface area contributed by atoms with Crippen LogP contribution in [0.3, 0.4) is 0 Å². The first-order valence-electron chi connectivity index (χ1n) is 7.55. The van der Waals surface area contributed by atoms with Gasteiger partial charge in [-0.15, -0.1) is 0 Å². The van der Waals surface area contributed by atoms with E-state index in [0.29, 0.717) is 41.2 Å². The highest BCUT2D eigenvalue weighted by Gasteiger charge is 2.15. The van der Waals surface area contributed by atoms with Crippen molar-refractivity contribution in [2.45, 2.75) is 26.7 Å². The second kappa shape index (κ2) is 7.58. The summed E-state index contributed by atoms with van der Waals surface area (Å²) >= 11 is 0. The van der Waals surface area contributed by atoms with Gasteiger partial charge in [-0.05, 0) is 12.8 Å². The van der Waals surface area contributed by atoms with Gasteiger partial charge in [-0.1, -0.05) is 13.8 Å². The molecule has 0 amide bonds. The third-order valence-electron chi connectivity index (χ3n) is 2.97. The SMILES string of the molecule is CCCNc1nc(NC)c2nc(OCCC)nc(NC)c2n1. The monoisotopic (exact) mass is 305 g/mol. The van der Waals surface area contributed by atoms with E-state index in [9.17, 15) is 0 Å². The van der Waals surface area contributed by atoms with Crippen LogP contribution in [0.4, 0.5) is 17.6 Å². The molecule has 0 fully saturated rings. The van der Waals surface area contributed by atoms with Crippen LogP contribution in [0.15, 0.2) is 0 Å². The van der Waals surface area contributed by atoms with Crippen LogP contribution in [0, 0.1) is 0 Å². The second-order valence-electron chi connectivity index (χ2n) is 4.72. The molecule has 0 saturated carbocycles. The number of nitrogens with zero attached hydrogens (tertiary/aromatic N) is 4. The molecule has 120 valence electrons. The summed E-state index contributed by atoms with van der Waals surface area (Å²) in [6, 6.07) is 0.327. The van der Waals surface area contributed by atoms with E-state index in [0.717, 1.165) is 19.4 Å². The van der Waals surface area contributed by atoms with Crippen molar-refractivity contribution in [3.05, 3.63) is 0 Å². The summed E-state index contributed by atoms with van der Waals surface area (Å²) in [7, 11) is 3.60. The molecule has 8 nitrogen and oxygen atoms in total. The summed E-state index contributed by atoms with van der Waals surface area (Å²) in [5.74, 6) is 1.82. The van der Waals surface area contributed by atoms with Crippen LogP contribution < -0.4 is 20.7 Å². The van der Waals surface area contributed by atoms with Crippen LogP contribution >= 0.6 is 0 Å². The molecule has 2 aromatic rings. The highest BCUT2D eigenvalue weighted by atomic mass is 16.5. The minimum Gasteiger partial charge on any atom is -0.463 e. The van der Waals surface area contributed by atoms with Crippen molar-refractivity contribution in [2.24, 2.45) is 0 Å². The van der Waals surface area contributed by atoms with Gasteiger partial charge in [0.2, 0.25) is 5.95 Å². The summed E-state index contributed by atoms with van der Waals surface area (Å²) in [4.78, 5) is 17.7. The number of aromatic nitrogens is 4. The van der Waals surface area contributed by atoms with Gasteiger partial charge in [-0.2, -0.15) is 15.0 Å². The lowest BCUT2D eigenvalue weighted by atomic mass is 10.3. The number of hydrogen-bond donors (Lipinski definition) is 3. The molecule has 22 heavy (non-hydrogen) atoms. The van der Waals surface area contributed by atoms with Gasteiger partial charge in [0.1, 0.15) is 11.0 Å².